The smallest absolute Gasteiger partial charge is 0.138 e. The Morgan fingerprint density at radius 3 is 2.29 bits per heavy atom. The Hall–Kier alpha value is -2.46. The largest absolute Gasteiger partial charge is 0.299 e. The van der Waals surface area contributed by atoms with Crippen LogP contribution in [0.3, 0.4) is 0 Å². The molecule has 3 aromatic rings. The molecule has 4 heteroatoms. The van der Waals surface area contributed by atoms with E-state index in [4.69, 9.17) is 0 Å². The number of aromatic nitrogens is 3. The van der Waals surface area contributed by atoms with Crippen LogP contribution in [0.5, 0.6) is 0 Å². The minimum Gasteiger partial charge on any atom is -0.299 e. The molecule has 0 unspecified atom stereocenters. The Labute approximate surface area is 123 Å². The third kappa shape index (κ3) is 2.23. The molecular formula is C17H16N4. The van der Waals surface area contributed by atoms with Crippen LogP contribution < -0.4 is 5.32 Å². The van der Waals surface area contributed by atoms with Crippen LogP contribution >= 0.6 is 0 Å². The zero-order valence-electron chi connectivity index (χ0n) is 11.6. The van der Waals surface area contributed by atoms with Gasteiger partial charge in [-0.3, -0.25) is 10.4 Å². The van der Waals surface area contributed by atoms with Gasteiger partial charge < -0.3 is 0 Å². The fourth-order valence-electron chi connectivity index (χ4n) is 3.06. The van der Waals surface area contributed by atoms with E-state index in [9.17, 15) is 0 Å². The van der Waals surface area contributed by atoms with Gasteiger partial charge in [-0.2, -0.15) is 5.10 Å². The van der Waals surface area contributed by atoms with Gasteiger partial charge in [-0.15, -0.1) is 0 Å². The van der Waals surface area contributed by atoms with E-state index in [-0.39, 0.29) is 6.04 Å². The number of H-pyrrole nitrogens is 1. The monoisotopic (exact) mass is 276 g/mol. The van der Waals surface area contributed by atoms with Gasteiger partial charge in [0.05, 0.1) is 12.6 Å². The van der Waals surface area contributed by atoms with Crippen molar-refractivity contribution in [2.75, 3.05) is 0 Å². The number of benzene rings is 2. The van der Waals surface area contributed by atoms with E-state index in [0.29, 0.717) is 6.54 Å². The molecule has 0 saturated heterocycles. The van der Waals surface area contributed by atoms with Gasteiger partial charge in [0.2, 0.25) is 0 Å². The summed E-state index contributed by atoms with van der Waals surface area (Å²) in [6.07, 6.45) is 2.55. The van der Waals surface area contributed by atoms with E-state index >= 15 is 0 Å². The van der Waals surface area contributed by atoms with Crippen LogP contribution in [0.1, 0.15) is 34.1 Å². The van der Waals surface area contributed by atoms with E-state index in [1.807, 2.05) is 0 Å². The third-order valence-corrected chi connectivity index (χ3v) is 4.05. The van der Waals surface area contributed by atoms with Gasteiger partial charge in [-0.25, -0.2) is 4.98 Å². The Balaban J connectivity index is 1.71. The Morgan fingerprint density at radius 2 is 1.67 bits per heavy atom. The summed E-state index contributed by atoms with van der Waals surface area (Å²) < 4.78 is 0. The molecule has 0 atom stereocenters. The number of aromatic amines is 1. The summed E-state index contributed by atoms with van der Waals surface area (Å²) in [5.74, 6) is 0.857. The average Bonchev–Trinajstić information content (AvgIpc) is 3.05. The summed E-state index contributed by atoms with van der Waals surface area (Å²) in [7, 11) is 0. The molecule has 1 aliphatic carbocycles. The fourth-order valence-corrected chi connectivity index (χ4v) is 3.06. The normalized spacial score (nSPS) is 13.7. The zero-order valence-corrected chi connectivity index (χ0v) is 11.6. The third-order valence-electron chi connectivity index (χ3n) is 4.05. The summed E-state index contributed by atoms with van der Waals surface area (Å²) in [5, 5.41) is 10.4. The van der Waals surface area contributed by atoms with E-state index in [0.717, 1.165) is 12.2 Å². The quantitative estimate of drug-likeness (QED) is 0.773. The predicted molar refractivity (Wildman–Crippen MR) is 80.8 cm³/mol. The van der Waals surface area contributed by atoms with Crippen molar-refractivity contribution >= 4 is 0 Å². The highest BCUT2D eigenvalue weighted by molar-refractivity contribution is 5.48. The van der Waals surface area contributed by atoms with Crippen LogP contribution in [0.25, 0.3) is 0 Å². The van der Waals surface area contributed by atoms with Gasteiger partial charge in [-0.1, -0.05) is 48.5 Å². The standard InChI is InChI=1S/C17H16N4/c1-3-7-14-12(5-1)9-13-6-2-4-8-15(13)17(14)18-10-16-19-11-20-21-16/h1-8,11,17-18H,9-10H2,(H,19,20,21). The lowest BCUT2D eigenvalue weighted by molar-refractivity contribution is 0.573. The summed E-state index contributed by atoms with van der Waals surface area (Å²) >= 11 is 0. The van der Waals surface area contributed by atoms with Crippen molar-refractivity contribution in [3.8, 4) is 0 Å². The van der Waals surface area contributed by atoms with Crippen LogP contribution in [0, 0.1) is 0 Å². The lowest BCUT2D eigenvalue weighted by Gasteiger charge is -2.29. The first-order chi connectivity index (χ1) is 10.4. The van der Waals surface area contributed by atoms with Crippen LogP contribution in [-0.4, -0.2) is 15.2 Å². The van der Waals surface area contributed by atoms with Crippen molar-refractivity contribution in [3.05, 3.63) is 82.9 Å². The highest BCUT2D eigenvalue weighted by atomic mass is 15.2. The first kappa shape index (κ1) is 12.3. The molecule has 0 aliphatic heterocycles. The molecule has 1 aromatic heterocycles. The summed E-state index contributed by atoms with van der Waals surface area (Å²) in [5.41, 5.74) is 5.50. The predicted octanol–water partition coefficient (Wildman–Crippen LogP) is 2.59. The lowest BCUT2D eigenvalue weighted by atomic mass is 9.82. The Kier molecular flexibility index (Phi) is 3.01. The SMILES string of the molecule is c1ccc2c(c1)Cc1ccccc1C2NCc1ncn[nH]1. The maximum Gasteiger partial charge on any atom is 0.138 e. The minimum atomic E-state index is 0.205. The molecule has 0 amide bonds. The molecule has 0 saturated carbocycles. The highest BCUT2D eigenvalue weighted by Gasteiger charge is 2.24. The first-order valence-electron chi connectivity index (χ1n) is 7.15. The molecule has 21 heavy (non-hydrogen) atoms. The summed E-state index contributed by atoms with van der Waals surface area (Å²) in [4.78, 5) is 4.18. The Bertz CT molecular complexity index is 703. The van der Waals surface area contributed by atoms with E-state index in [2.05, 4.69) is 69.0 Å². The van der Waals surface area contributed by atoms with Crippen molar-refractivity contribution in [2.24, 2.45) is 0 Å². The Morgan fingerprint density at radius 1 is 1.00 bits per heavy atom. The van der Waals surface area contributed by atoms with Gasteiger partial charge in [0, 0.05) is 0 Å². The number of nitrogens with zero attached hydrogens (tertiary/aromatic N) is 2. The number of hydrogen-bond donors (Lipinski definition) is 2. The first-order valence-corrected chi connectivity index (χ1v) is 7.15. The number of rotatable bonds is 3. The molecule has 4 nitrogen and oxygen atoms in total. The van der Waals surface area contributed by atoms with Crippen LogP contribution in [0.4, 0.5) is 0 Å². The molecule has 0 spiro atoms. The van der Waals surface area contributed by atoms with Gasteiger partial charge in [0.1, 0.15) is 12.2 Å². The van der Waals surface area contributed by atoms with Crippen LogP contribution in [-0.2, 0) is 13.0 Å². The molecule has 0 radical (unpaired) electrons. The maximum atomic E-state index is 4.18. The molecule has 104 valence electrons. The molecule has 0 fully saturated rings. The van der Waals surface area contributed by atoms with Gasteiger partial charge in [-0.05, 0) is 28.7 Å². The van der Waals surface area contributed by atoms with E-state index in [1.165, 1.54) is 22.3 Å². The van der Waals surface area contributed by atoms with Crippen LogP contribution in [0.15, 0.2) is 54.9 Å². The molecule has 1 aliphatic rings. The number of nitrogens with one attached hydrogen (secondary N) is 2. The van der Waals surface area contributed by atoms with Crippen LogP contribution in [0.2, 0.25) is 0 Å². The molecule has 0 bridgehead atoms. The minimum absolute atomic E-state index is 0.205. The molecular weight excluding hydrogens is 260 g/mol. The number of hydrogen-bond acceptors (Lipinski definition) is 3. The van der Waals surface area contributed by atoms with Gasteiger partial charge in [0.25, 0.3) is 0 Å². The maximum absolute atomic E-state index is 4.18. The molecule has 4 rings (SSSR count). The van der Waals surface area contributed by atoms with Gasteiger partial charge >= 0.3 is 0 Å². The number of fused-ring (bicyclic) bond motifs is 2. The van der Waals surface area contributed by atoms with Crippen molar-refractivity contribution < 1.29 is 0 Å². The second-order valence-electron chi connectivity index (χ2n) is 5.32. The summed E-state index contributed by atoms with van der Waals surface area (Å²) in [6.45, 7) is 0.674. The van der Waals surface area contributed by atoms with Crippen molar-refractivity contribution in [3.63, 3.8) is 0 Å². The van der Waals surface area contributed by atoms with Crippen molar-refractivity contribution in [2.45, 2.75) is 19.0 Å². The average molecular weight is 276 g/mol. The molecule has 2 aromatic carbocycles. The van der Waals surface area contributed by atoms with E-state index in [1.54, 1.807) is 6.33 Å². The lowest BCUT2D eigenvalue weighted by Crippen LogP contribution is -2.27. The second-order valence-corrected chi connectivity index (χ2v) is 5.32. The van der Waals surface area contributed by atoms with Gasteiger partial charge in [0.15, 0.2) is 0 Å². The van der Waals surface area contributed by atoms with E-state index < -0.39 is 0 Å². The zero-order chi connectivity index (χ0) is 14.1. The molecule has 2 N–H and O–H groups in total. The van der Waals surface area contributed by atoms with Crippen molar-refractivity contribution in [1.82, 2.24) is 20.5 Å². The second kappa shape index (κ2) is 5.14. The van der Waals surface area contributed by atoms with Crippen molar-refractivity contribution in [1.29, 1.82) is 0 Å². The fraction of sp³-hybridized carbons (Fsp3) is 0.176. The molecule has 1 heterocycles. The highest BCUT2D eigenvalue weighted by Crippen LogP contribution is 2.34. The topological polar surface area (TPSA) is 53.6 Å². The summed E-state index contributed by atoms with van der Waals surface area (Å²) in [6, 6.07) is 17.5.